The van der Waals surface area contributed by atoms with Gasteiger partial charge < -0.3 is 9.14 Å². The molecule has 1 aliphatic heterocycles. The summed E-state index contributed by atoms with van der Waals surface area (Å²) in [5.74, 6) is 0. The lowest BCUT2D eigenvalue weighted by atomic mass is 10.2. The van der Waals surface area contributed by atoms with Crippen molar-refractivity contribution in [2.24, 2.45) is 0 Å². The number of rotatable bonds is 3. The number of aromatic nitrogens is 2. The van der Waals surface area contributed by atoms with E-state index in [9.17, 15) is 8.42 Å². The minimum absolute atomic E-state index is 0.117. The van der Waals surface area contributed by atoms with Crippen molar-refractivity contribution in [2.75, 3.05) is 13.1 Å². The van der Waals surface area contributed by atoms with Gasteiger partial charge in [-0.25, -0.2) is 13.4 Å². The van der Waals surface area contributed by atoms with Crippen LogP contribution in [0.15, 0.2) is 53.7 Å². The quantitative estimate of drug-likeness (QED) is 0.695. The van der Waals surface area contributed by atoms with E-state index in [1.54, 1.807) is 18.2 Å². The first-order chi connectivity index (χ1) is 12.8. The number of benzene rings is 1. The number of hydrogen-bond acceptors (Lipinski definition) is 4. The molecule has 27 heavy (non-hydrogen) atoms. The molecule has 0 N–H and O–H groups in total. The largest absolute Gasteiger partial charge is 0.373 e. The molecule has 1 saturated heterocycles. The maximum atomic E-state index is 13.1. The number of fused-ring (bicyclic) bond motifs is 1. The van der Waals surface area contributed by atoms with Crippen LogP contribution in [-0.4, -0.2) is 47.4 Å². The Morgan fingerprint density at radius 1 is 1.07 bits per heavy atom. The van der Waals surface area contributed by atoms with Crippen LogP contribution in [-0.2, 0) is 14.8 Å². The molecule has 1 aromatic carbocycles. The third kappa shape index (κ3) is 3.50. The maximum absolute atomic E-state index is 13.1. The molecule has 0 spiro atoms. The fraction of sp³-hybridized carbons (Fsp3) is 0.350. The van der Waals surface area contributed by atoms with E-state index in [0.29, 0.717) is 13.1 Å². The number of morpholine rings is 1. The Kier molecular flexibility index (Phi) is 4.53. The van der Waals surface area contributed by atoms with Gasteiger partial charge in [-0.15, -0.1) is 0 Å². The summed E-state index contributed by atoms with van der Waals surface area (Å²) >= 11 is 0. The highest BCUT2D eigenvalue weighted by molar-refractivity contribution is 7.89. The molecule has 0 radical (unpaired) electrons. The van der Waals surface area contributed by atoms with Gasteiger partial charge in [0.05, 0.1) is 22.8 Å². The molecule has 3 heterocycles. The van der Waals surface area contributed by atoms with E-state index in [2.05, 4.69) is 4.98 Å². The summed E-state index contributed by atoms with van der Waals surface area (Å²) in [5.41, 5.74) is 3.51. The van der Waals surface area contributed by atoms with E-state index < -0.39 is 10.0 Å². The Balaban J connectivity index is 1.71. The van der Waals surface area contributed by atoms with Gasteiger partial charge in [0.15, 0.2) is 0 Å². The van der Waals surface area contributed by atoms with Gasteiger partial charge in [0, 0.05) is 31.0 Å². The van der Waals surface area contributed by atoms with Crippen molar-refractivity contribution in [1.29, 1.82) is 0 Å². The lowest BCUT2D eigenvalue weighted by molar-refractivity contribution is -0.0440. The van der Waals surface area contributed by atoms with Crippen molar-refractivity contribution in [2.45, 2.75) is 37.9 Å². The van der Waals surface area contributed by atoms with E-state index in [0.717, 1.165) is 22.5 Å². The molecule has 0 saturated carbocycles. The molecule has 6 nitrogen and oxygen atoms in total. The highest BCUT2D eigenvalue weighted by Crippen LogP contribution is 2.26. The standard InChI is InChI=1S/C20H23N3O3S/c1-14-7-8-20-21-19(13-22(20)10-14)17-5-4-6-18(9-17)27(24,25)23-11-15(2)26-16(3)12-23/h4-10,13,15-16H,11-12H2,1-3H3/t15-,16+. The second-order valence-corrected chi connectivity index (χ2v) is 9.14. The van der Waals surface area contributed by atoms with Crippen molar-refractivity contribution < 1.29 is 13.2 Å². The fourth-order valence-corrected chi connectivity index (χ4v) is 5.17. The summed E-state index contributed by atoms with van der Waals surface area (Å²) in [7, 11) is -3.58. The Hall–Kier alpha value is -2.22. The zero-order chi connectivity index (χ0) is 19.2. The van der Waals surface area contributed by atoms with Gasteiger partial charge in [-0.1, -0.05) is 18.2 Å². The number of imidazole rings is 1. The predicted molar refractivity (Wildman–Crippen MR) is 104 cm³/mol. The van der Waals surface area contributed by atoms with E-state index in [-0.39, 0.29) is 17.1 Å². The average Bonchev–Trinajstić information content (AvgIpc) is 3.04. The van der Waals surface area contributed by atoms with Crippen molar-refractivity contribution in [3.8, 4) is 11.3 Å². The first-order valence-electron chi connectivity index (χ1n) is 9.04. The second-order valence-electron chi connectivity index (χ2n) is 7.21. The average molecular weight is 385 g/mol. The van der Waals surface area contributed by atoms with Crippen LogP contribution in [0, 0.1) is 6.92 Å². The topological polar surface area (TPSA) is 63.9 Å². The monoisotopic (exact) mass is 385 g/mol. The third-order valence-corrected chi connectivity index (χ3v) is 6.58. The SMILES string of the molecule is Cc1ccc2nc(-c3cccc(S(=O)(=O)N4C[C@@H](C)O[C@@H](C)C4)c3)cn2c1. The molecule has 0 aliphatic carbocycles. The number of ether oxygens (including phenoxy) is 1. The molecule has 1 aliphatic rings. The van der Waals surface area contributed by atoms with Crippen molar-refractivity contribution >= 4 is 15.7 Å². The molecular weight excluding hydrogens is 362 g/mol. The van der Waals surface area contributed by atoms with Gasteiger partial charge in [0.25, 0.3) is 0 Å². The molecule has 1 fully saturated rings. The molecule has 4 rings (SSSR count). The van der Waals surface area contributed by atoms with Crippen LogP contribution in [0.2, 0.25) is 0 Å². The van der Waals surface area contributed by atoms with E-state index in [1.165, 1.54) is 4.31 Å². The fourth-order valence-electron chi connectivity index (χ4n) is 3.53. The van der Waals surface area contributed by atoms with E-state index in [4.69, 9.17) is 4.74 Å². The lowest BCUT2D eigenvalue weighted by Gasteiger charge is -2.34. The van der Waals surface area contributed by atoms with E-state index in [1.807, 2.05) is 55.8 Å². The molecule has 0 unspecified atom stereocenters. The second kappa shape index (κ2) is 6.74. The minimum Gasteiger partial charge on any atom is -0.373 e. The Morgan fingerprint density at radius 2 is 1.81 bits per heavy atom. The highest BCUT2D eigenvalue weighted by Gasteiger charge is 2.32. The van der Waals surface area contributed by atoms with Crippen molar-refractivity contribution in [3.63, 3.8) is 0 Å². The van der Waals surface area contributed by atoms with Crippen LogP contribution < -0.4 is 0 Å². The molecule has 0 bridgehead atoms. The number of nitrogens with zero attached hydrogens (tertiary/aromatic N) is 3. The van der Waals surface area contributed by atoms with Crippen molar-refractivity contribution in [3.05, 3.63) is 54.4 Å². The van der Waals surface area contributed by atoms with Gasteiger partial charge in [-0.05, 0) is 44.5 Å². The summed E-state index contributed by atoms with van der Waals surface area (Å²) in [5, 5.41) is 0. The number of hydrogen-bond donors (Lipinski definition) is 0. The third-order valence-electron chi connectivity index (χ3n) is 4.75. The zero-order valence-electron chi connectivity index (χ0n) is 15.7. The molecule has 7 heteroatoms. The van der Waals surface area contributed by atoms with Crippen LogP contribution in [0.3, 0.4) is 0 Å². The molecule has 2 aromatic heterocycles. The Labute approximate surface area is 159 Å². The maximum Gasteiger partial charge on any atom is 0.243 e. The van der Waals surface area contributed by atoms with E-state index >= 15 is 0 Å². The van der Waals surface area contributed by atoms with Crippen LogP contribution >= 0.6 is 0 Å². The number of aryl methyl sites for hydroxylation is 1. The molecule has 2 atom stereocenters. The van der Waals surface area contributed by atoms with Gasteiger partial charge in [-0.2, -0.15) is 4.31 Å². The normalized spacial score (nSPS) is 21.6. The zero-order valence-corrected chi connectivity index (χ0v) is 16.5. The van der Waals surface area contributed by atoms with Gasteiger partial charge in [0.1, 0.15) is 5.65 Å². The Morgan fingerprint density at radius 3 is 2.56 bits per heavy atom. The smallest absolute Gasteiger partial charge is 0.243 e. The van der Waals surface area contributed by atoms with Crippen molar-refractivity contribution in [1.82, 2.24) is 13.7 Å². The lowest BCUT2D eigenvalue weighted by Crippen LogP contribution is -2.48. The summed E-state index contributed by atoms with van der Waals surface area (Å²) in [4.78, 5) is 4.91. The van der Waals surface area contributed by atoms with Crippen LogP contribution in [0.1, 0.15) is 19.4 Å². The predicted octanol–water partition coefficient (Wildman–Crippen LogP) is 3.11. The molecule has 0 amide bonds. The van der Waals surface area contributed by atoms with Gasteiger partial charge in [0.2, 0.25) is 10.0 Å². The minimum atomic E-state index is -3.58. The van der Waals surface area contributed by atoms with Crippen LogP contribution in [0.5, 0.6) is 0 Å². The number of sulfonamides is 1. The molecular formula is C20H23N3O3S. The highest BCUT2D eigenvalue weighted by atomic mass is 32.2. The summed E-state index contributed by atoms with van der Waals surface area (Å²) in [6, 6.07) is 11.0. The number of pyridine rings is 1. The summed E-state index contributed by atoms with van der Waals surface area (Å²) < 4.78 is 35.4. The van der Waals surface area contributed by atoms with Gasteiger partial charge >= 0.3 is 0 Å². The first-order valence-corrected chi connectivity index (χ1v) is 10.5. The Bertz CT molecular complexity index is 1080. The molecule has 3 aromatic rings. The first kappa shape index (κ1) is 18.2. The summed E-state index contributed by atoms with van der Waals surface area (Å²) in [6.45, 7) is 6.55. The van der Waals surface area contributed by atoms with Gasteiger partial charge in [-0.3, -0.25) is 0 Å². The van der Waals surface area contributed by atoms with Crippen LogP contribution in [0.4, 0.5) is 0 Å². The summed E-state index contributed by atoms with van der Waals surface area (Å²) in [6.07, 6.45) is 3.69. The molecule has 142 valence electrons. The van der Waals surface area contributed by atoms with Crippen LogP contribution in [0.25, 0.3) is 16.9 Å².